The van der Waals surface area contributed by atoms with Crippen LogP contribution in [0.25, 0.3) is 0 Å². The Balaban J connectivity index is 2.00. The molecule has 2 aromatic rings. The molecule has 4 amide bonds. The standard InChI is InChI=1S/C28H35N5O7/c29-13-5-4-8-23-26(38)31-21(15-17-6-2-1-3-7-17)25(37)32-22(16-24(35)36)28(40)33(23)27(39)20(30)14-18-9-11-19(34)12-10-18/h1-3,6-7,9-12,20-23,34H,4-5,8,13-16,29-30H2,(H,31,38)(H,32,37)(H,35,36)/t20-,21-,22+,23-/m0/s1. The lowest BCUT2D eigenvalue weighted by Crippen LogP contribution is -2.60. The number of nitrogens with one attached hydrogen (secondary N) is 2. The molecule has 0 saturated carbocycles. The van der Waals surface area contributed by atoms with Crippen LogP contribution in [0.3, 0.4) is 0 Å². The van der Waals surface area contributed by atoms with Gasteiger partial charge in [0.05, 0.1) is 12.5 Å². The maximum Gasteiger partial charge on any atom is 0.305 e. The second kappa shape index (κ2) is 14.2. The Hall–Kier alpha value is -4.29. The van der Waals surface area contributed by atoms with Gasteiger partial charge in [-0.15, -0.1) is 0 Å². The molecule has 0 spiro atoms. The van der Waals surface area contributed by atoms with Crippen LogP contribution in [-0.4, -0.2) is 75.4 Å². The molecular formula is C28H35N5O7. The average Bonchev–Trinajstić information content (AvgIpc) is 2.95. The summed E-state index contributed by atoms with van der Waals surface area (Å²) in [4.78, 5) is 66.7. The number of amides is 4. The van der Waals surface area contributed by atoms with Crippen molar-refractivity contribution in [3.63, 3.8) is 0 Å². The fourth-order valence-electron chi connectivity index (χ4n) is 4.57. The molecule has 0 radical (unpaired) electrons. The van der Waals surface area contributed by atoms with Crippen molar-refractivity contribution >= 4 is 29.6 Å². The fourth-order valence-corrected chi connectivity index (χ4v) is 4.57. The molecule has 3 rings (SSSR count). The number of carboxylic acids is 1. The molecule has 8 N–H and O–H groups in total. The number of phenols is 1. The summed E-state index contributed by atoms with van der Waals surface area (Å²) in [6, 6.07) is 9.48. The van der Waals surface area contributed by atoms with Crippen LogP contribution in [0.1, 0.15) is 36.8 Å². The molecule has 2 aromatic carbocycles. The van der Waals surface area contributed by atoms with Gasteiger partial charge in [0.15, 0.2) is 0 Å². The van der Waals surface area contributed by atoms with Gasteiger partial charge >= 0.3 is 5.97 Å². The Morgan fingerprint density at radius 1 is 0.900 bits per heavy atom. The Bertz CT molecular complexity index is 1210. The largest absolute Gasteiger partial charge is 0.508 e. The molecule has 0 aliphatic carbocycles. The van der Waals surface area contributed by atoms with Gasteiger partial charge in [-0.3, -0.25) is 28.9 Å². The number of aliphatic carboxylic acids is 1. The van der Waals surface area contributed by atoms with Crippen molar-refractivity contribution in [2.45, 2.75) is 62.7 Å². The molecule has 1 saturated heterocycles. The molecule has 0 unspecified atom stereocenters. The van der Waals surface area contributed by atoms with E-state index in [1.165, 1.54) is 12.1 Å². The third-order valence-corrected chi connectivity index (χ3v) is 6.64. The molecule has 4 atom stereocenters. The summed E-state index contributed by atoms with van der Waals surface area (Å²) in [5.74, 6) is -4.76. The zero-order chi connectivity index (χ0) is 29.2. The van der Waals surface area contributed by atoms with E-state index in [0.29, 0.717) is 29.8 Å². The van der Waals surface area contributed by atoms with E-state index in [2.05, 4.69) is 10.6 Å². The predicted octanol–water partition coefficient (Wildman–Crippen LogP) is -0.185. The summed E-state index contributed by atoms with van der Waals surface area (Å²) in [5.41, 5.74) is 13.2. The smallest absolute Gasteiger partial charge is 0.305 e. The highest BCUT2D eigenvalue weighted by molar-refractivity contribution is 6.07. The number of unbranched alkanes of at least 4 members (excludes halogenated alkanes) is 1. The molecule has 40 heavy (non-hydrogen) atoms. The van der Waals surface area contributed by atoms with Gasteiger partial charge in [0, 0.05) is 6.42 Å². The monoisotopic (exact) mass is 553 g/mol. The van der Waals surface area contributed by atoms with E-state index in [-0.39, 0.29) is 25.0 Å². The first-order valence-corrected chi connectivity index (χ1v) is 13.1. The number of nitrogens with zero attached hydrogens (tertiary/aromatic N) is 1. The highest BCUT2D eigenvalue weighted by Crippen LogP contribution is 2.19. The van der Waals surface area contributed by atoms with E-state index in [1.807, 2.05) is 0 Å². The van der Waals surface area contributed by atoms with Crippen LogP contribution in [0, 0.1) is 0 Å². The summed E-state index contributed by atoms with van der Waals surface area (Å²) in [6.45, 7) is 0.314. The van der Waals surface area contributed by atoms with E-state index >= 15 is 0 Å². The highest BCUT2D eigenvalue weighted by atomic mass is 16.4. The predicted molar refractivity (Wildman–Crippen MR) is 145 cm³/mol. The second-order valence-corrected chi connectivity index (χ2v) is 9.73. The number of nitrogens with two attached hydrogens (primary N) is 2. The third kappa shape index (κ3) is 8.10. The first-order chi connectivity index (χ1) is 19.1. The number of phenolic OH excluding ortho intramolecular Hbond substituents is 1. The molecule has 0 bridgehead atoms. The molecule has 1 heterocycles. The Morgan fingerprint density at radius 3 is 2.17 bits per heavy atom. The zero-order valence-corrected chi connectivity index (χ0v) is 22.0. The van der Waals surface area contributed by atoms with Crippen molar-refractivity contribution in [2.75, 3.05) is 6.54 Å². The van der Waals surface area contributed by atoms with Gasteiger partial charge in [-0.2, -0.15) is 0 Å². The van der Waals surface area contributed by atoms with Gasteiger partial charge in [-0.05, 0) is 55.5 Å². The number of hydrogen-bond acceptors (Lipinski definition) is 8. The normalized spacial score (nSPS) is 20.5. The van der Waals surface area contributed by atoms with E-state index in [9.17, 15) is 34.2 Å². The van der Waals surface area contributed by atoms with Crippen molar-refractivity contribution in [3.05, 3.63) is 65.7 Å². The van der Waals surface area contributed by atoms with Gasteiger partial charge in [-0.1, -0.05) is 42.5 Å². The lowest BCUT2D eigenvalue weighted by atomic mass is 10.0. The van der Waals surface area contributed by atoms with Gasteiger partial charge in [0.1, 0.15) is 23.9 Å². The minimum Gasteiger partial charge on any atom is -0.508 e. The molecule has 1 fully saturated rings. The summed E-state index contributed by atoms with van der Waals surface area (Å²) in [6.07, 6.45) is 0.181. The Kier molecular flexibility index (Phi) is 10.7. The summed E-state index contributed by atoms with van der Waals surface area (Å²) < 4.78 is 0. The minimum absolute atomic E-state index is 0.0211. The molecule has 12 heteroatoms. The molecule has 0 aromatic heterocycles. The Labute approximate surface area is 231 Å². The van der Waals surface area contributed by atoms with Crippen LogP contribution < -0.4 is 22.1 Å². The fraction of sp³-hybridized carbons (Fsp3) is 0.393. The van der Waals surface area contributed by atoms with E-state index in [1.54, 1.807) is 42.5 Å². The highest BCUT2D eigenvalue weighted by Gasteiger charge is 2.43. The maximum absolute atomic E-state index is 13.8. The van der Waals surface area contributed by atoms with Gasteiger partial charge in [0.25, 0.3) is 5.91 Å². The first kappa shape index (κ1) is 30.3. The number of rotatable bonds is 11. The number of carbonyl (C=O) groups excluding carboxylic acids is 4. The maximum atomic E-state index is 13.8. The summed E-state index contributed by atoms with van der Waals surface area (Å²) in [7, 11) is 0. The number of aromatic hydroxyl groups is 1. The number of carbonyl (C=O) groups is 5. The van der Waals surface area contributed by atoms with Crippen molar-refractivity contribution in [2.24, 2.45) is 11.5 Å². The van der Waals surface area contributed by atoms with Crippen LogP contribution in [0.4, 0.5) is 0 Å². The quantitative estimate of drug-likeness (QED) is 0.204. The summed E-state index contributed by atoms with van der Waals surface area (Å²) >= 11 is 0. The van der Waals surface area contributed by atoms with Crippen LogP contribution in [-0.2, 0) is 36.8 Å². The van der Waals surface area contributed by atoms with E-state index in [0.717, 1.165) is 5.56 Å². The number of benzene rings is 2. The number of hydrogen-bond donors (Lipinski definition) is 6. The van der Waals surface area contributed by atoms with Crippen molar-refractivity contribution < 1.29 is 34.2 Å². The van der Waals surface area contributed by atoms with Crippen LogP contribution >= 0.6 is 0 Å². The molecule has 12 nitrogen and oxygen atoms in total. The Morgan fingerprint density at radius 2 is 1.55 bits per heavy atom. The topological polar surface area (TPSA) is 205 Å². The van der Waals surface area contributed by atoms with Gasteiger partial charge < -0.3 is 32.3 Å². The lowest BCUT2D eigenvalue weighted by molar-refractivity contribution is -0.155. The van der Waals surface area contributed by atoms with Crippen molar-refractivity contribution in [1.29, 1.82) is 0 Å². The van der Waals surface area contributed by atoms with Crippen molar-refractivity contribution in [1.82, 2.24) is 15.5 Å². The van der Waals surface area contributed by atoms with Crippen LogP contribution in [0.2, 0.25) is 0 Å². The average molecular weight is 554 g/mol. The van der Waals surface area contributed by atoms with Crippen LogP contribution in [0.5, 0.6) is 5.75 Å². The number of carboxylic acid groups (broad SMARTS) is 1. The van der Waals surface area contributed by atoms with Gasteiger partial charge in [-0.25, -0.2) is 0 Å². The second-order valence-electron chi connectivity index (χ2n) is 9.73. The molecular weight excluding hydrogens is 518 g/mol. The van der Waals surface area contributed by atoms with Crippen molar-refractivity contribution in [3.8, 4) is 5.75 Å². The summed E-state index contributed by atoms with van der Waals surface area (Å²) in [5, 5.41) is 24.1. The van der Waals surface area contributed by atoms with E-state index < -0.39 is 60.2 Å². The number of imide groups is 1. The SMILES string of the molecule is NCCCC[C@H]1C(=O)N[C@@H](Cc2ccccc2)C(=O)N[C@H](CC(=O)O)C(=O)N1C(=O)[C@@H](N)Cc1ccc(O)cc1. The van der Waals surface area contributed by atoms with Gasteiger partial charge in [0.2, 0.25) is 17.7 Å². The third-order valence-electron chi connectivity index (χ3n) is 6.64. The lowest BCUT2D eigenvalue weighted by Gasteiger charge is -2.32. The minimum atomic E-state index is -1.61. The molecule has 214 valence electrons. The molecule has 1 aliphatic heterocycles. The molecule has 1 aliphatic rings. The first-order valence-electron chi connectivity index (χ1n) is 13.1. The van der Waals surface area contributed by atoms with Crippen LogP contribution in [0.15, 0.2) is 54.6 Å². The zero-order valence-electron chi connectivity index (χ0n) is 22.0. The van der Waals surface area contributed by atoms with E-state index in [4.69, 9.17) is 11.5 Å².